The van der Waals surface area contributed by atoms with Crippen molar-refractivity contribution in [1.29, 1.82) is 0 Å². The molecule has 6 heteroatoms. The number of nitro groups is 1. The summed E-state index contributed by atoms with van der Waals surface area (Å²) in [4.78, 5) is 14.5. The van der Waals surface area contributed by atoms with Gasteiger partial charge < -0.3 is 5.73 Å². The van der Waals surface area contributed by atoms with Crippen LogP contribution in [0.2, 0.25) is 0 Å². The van der Waals surface area contributed by atoms with E-state index in [2.05, 4.69) is 4.98 Å². The van der Waals surface area contributed by atoms with Crippen LogP contribution in [-0.2, 0) is 5.75 Å². The first kappa shape index (κ1) is 12.4. The topological polar surface area (TPSA) is 82.0 Å². The molecule has 0 saturated heterocycles. The van der Waals surface area contributed by atoms with E-state index >= 15 is 0 Å². The van der Waals surface area contributed by atoms with Gasteiger partial charge in [0.15, 0.2) is 0 Å². The molecule has 0 atom stereocenters. The summed E-state index contributed by atoms with van der Waals surface area (Å²) in [5.41, 5.74) is 6.70. The number of nitrogen functional groups attached to an aromatic ring is 1. The zero-order chi connectivity index (χ0) is 13.0. The average Bonchev–Trinajstić information content (AvgIpc) is 2.38. The van der Waals surface area contributed by atoms with Crippen LogP contribution in [0.3, 0.4) is 0 Å². The summed E-state index contributed by atoms with van der Waals surface area (Å²) in [6.07, 6.45) is 1.71. The van der Waals surface area contributed by atoms with Crippen LogP contribution < -0.4 is 5.73 Å². The van der Waals surface area contributed by atoms with Crippen molar-refractivity contribution in [3.8, 4) is 0 Å². The number of hydrogen-bond acceptors (Lipinski definition) is 5. The maximum Gasteiger partial charge on any atom is 0.292 e. The lowest BCUT2D eigenvalue weighted by molar-refractivity contribution is -0.383. The maximum absolute atomic E-state index is 10.8. The number of thioether (sulfide) groups is 1. The number of nitro benzene ring substituents is 1. The predicted octanol–water partition coefficient (Wildman–Crippen LogP) is 2.86. The summed E-state index contributed by atoms with van der Waals surface area (Å²) < 4.78 is 0. The average molecular weight is 261 g/mol. The van der Waals surface area contributed by atoms with Crippen LogP contribution in [-0.4, -0.2) is 9.91 Å². The molecule has 0 radical (unpaired) electrons. The normalized spacial score (nSPS) is 10.2. The van der Waals surface area contributed by atoms with Crippen LogP contribution in [0.15, 0.2) is 47.6 Å². The molecular formula is C12H11N3O2S. The Hall–Kier alpha value is -2.08. The SMILES string of the molecule is Nc1c(CSc2ccccn2)cccc1[N+](=O)[O-]. The summed E-state index contributed by atoms with van der Waals surface area (Å²) in [7, 11) is 0. The van der Waals surface area contributed by atoms with Crippen LogP contribution in [0.4, 0.5) is 11.4 Å². The van der Waals surface area contributed by atoms with Gasteiger partial charge >= 0.3 is 0 Å². The Morgan fingerprint density at radius 1 is 1.28 bits per heavy atom. The molecule has 5 nitrogen and oxygen atoms in total. The standard InChI is InChI=1S/C12H11N3O2S/c13-12-9(4-3-5-10(12)15(16)17)8-18-11-6-1-2-7-14-11/h1-7H,8,13H2. The number of nitrogens with zero attached hydrogens (tertiary/aromatic N) is 2. The van der Waals surface area contributed by atoms with E-state index in [0.717, 1.165) is 10.6 Å². The number of para-hydroxylation sites is 1. The Morgan fingerprint density at radius 3 is 2.78 bits per heavy atom. The van der Waals surface area contributed by atoms with Gasteiger partial charge in [0.05, 0.1) is 9.95 Å². The highest BCUT2D eigenvalue weighted by atomic mass is 32.2. The van der Waals surface area contributed by atoms with Crippen molar-refractivity contribution in [1.82, 2.24) is 4.98 Å². The van der Waals surface area contributed by atoms with Gasteiger partial charge in [-0.3, -0.25) is 10.1 Å². The van der Waals surface area contributed by atoms with Gasteiger partial charge in [-0.2, -0.15) is 0 Å². The first-order chi connectivity index (χ1) is 8.68. The molecule has 0 spiro atoms. The van der Waals surface area contributed by atoms with E-state index in [9.17, 15) is 10.1 Å². The molecule has 0 unspecified atom stereocenters. The second-order valence-corrected chi connectivity index (χ2v) is 4.56. The lowest BCUT2D eigenvalue weighted by atomic mass is 10.2. The van der Waals surface area contributed by atoms with Gasteiger partial charge in [-0.15, -0.1) is 11.8 Å². The molecule has 0 fully saturated rings. The smallest absolute Gasteiger partial charge is 0.292 e. The summed E-state index contributed by atoms with van der Waals surface area (Å²) >= 11 is 1.49. The highest BCUT2D eigenvalue weighted by molar-refractivity contribution is 7.98. The number of pyridine rings is 1. The van der Waals surface area contributed by atoms with E-state index in [1.807, 2.05) is 18.2 Å². The zero-order valence-electron chi connectivity index (χ0n) is 9.45. The van der Waals surface area contributed by atoms with Crippen LogP contribution >= 0.6 is 11.8 Å². The minimum atomic E-state index is -0.468. The first-order valence-electron chi connectivity index (χ1n) is 5.24. The molecule has 0 bridgehead atoms. The van der Waals surface area contributed by atoms with Crippen molar-refractivity contribution in [2.24, 2.45) is 0 Å². The Labute approximate surface area is 108 Å². The molecule has 1 aromatic heterocycles. The van der Waals surface area contributed by atoms with Gasteiger partial charge in [-0.25, -0.2) is 4.98 Å². The Kier molecular flexibility index (Phi) is 3.78. The fourth-order valence-corrected chi connectivity index (χ4v) is 2.33. The molecule has 2 rings (SSSR count). The van der Waals surface area contributed by atoms with Crippen LogP contribution in [0.25, 0.3) is 0 Å². The Balaban J connectivity index is 2.15. The van der Waals surface area contributed by atoms with Crippen LogP contribution in [0.5, 0.6) is 0 Å². The van der Waals surface area contributed by atoms with Gasteiger partial charge in [0.2, 0.25) is 0 Å². The molecule has 0 aliphatic heterocycles. The van der Waals surface area contributed by atoms with Crippen molar-refractivity contribution in [2.45, 2.75) is 10.8 Å². The van der Waals surface area contributed by atoms with Crippen molar-refractivity contribution >= 4 is 23.1 Å². The summed E-state index contributed by atoms with van der Waals surface area (Å²) in [5.74, 6) is 0.560. The van der Waals surface area contributed by atoms with Crippen molar-refractivity contribution in [3.05, 3.63) is 58.3 Å². The van der Waals surface area contributed by atoms with Crippen molar-refractivity contribution in [2.75, 3.05) is 5.73 Å². The number of anilines is 1. The third kappa shape index (κ3) is 2.78. The van der Waals surface area contributed by atoms with Crippen LogP contribution in [0.1, 0.15) is 5.56 Å². The fourth-order valence-electron chi connectivity index (χ4n) is 1.47. The van der Waals surface area contributed by atoms with E-state index in [-0.39, 0.29) is 11.4 Å². The van der Waals surface area contributed by atoms with Gasteiger partial charge in [0, 0.05) is 18.0 Å². The largest absolute Gasteiger partial charge is 0.393 e. The Bertz CT molecular complexity index is 561. The number of rotatable bonds is 4. The molecule has 2 aromatic rings. The number of nitrogens with two attached hydrogens (primary N) is 1. The van der Waals surface area contributed by atoms with Crippen LogP contribution in [0, 0.1) is 10.1 Å². The van der Waals surface area contributed by atoms with Gasteiger partial charge in [-0.1, -0.05) is 18.2 Å². The molecule has 18 heavy (non-hydrogen) atoms. The van der Waals surface area contributed by atoms with Gasteiger partial charge in [-0.05, 0) is 17.7 Å². The molecule has 1 heterocycles. The lowest BCUT2D eigenvalue weighted by Crippen LogP contribution is -1.99. The zero-order valence-corrected chi connectivity index (χ0v) is 10.3. The molecule has 0 aliphatic carbocycles. The van der Waals surface area contributed by atoms with E-state index in [1.54, 1.807) is 18.3 Å². The quantitative estimate of drug-likeness (QED) is 0.396. The second kappa shape index (κ2) is 5.50. The molecule has 0 saturated carbocycles. The molecule has 0 amide bonds. The first-order valence-corrected chi connectivity index (χ1v) is 6.22. The predicted molar refractivity (Wildman–Crippen MR) is 71.3 cm³/mol. The summed E-state index contributed by atoms with van der Waals surface area (Å²) in [5, 5.41) is 11.6. The number of aromatic nitrogens is 1. The van der Waals surface area contributed by atoms with Gasteiger partial charge in [0.25, 0.3) is 5.69 Å². The number of benzene rings is 1. The Morgan fingerprint density at radius 2 is 2.11 bits per heavy atom. The highest BCUT2D eigenvalue weighted by Crippen LogP contribution is 2.29. The van der Waals surface area contributed by atoms with E-state index in [4.69, 9.17) is 5.73 Å². The summed E-state index contributed by atoms with van der Waals surface area (Å²) in [6.45, 7) is 0. The van der Waals surface area contributed by atoms with Crippen molar-refractivity contribution in [3.63, 3.8) is 0 Å². The highest BCUT2D eigenvalue weighted by Gasteiger charge is 2.14. The number of hydrogen-bond donors (Lipinski definition) is 1. The molecule has 92 valence electrons. The third-order valence-electron chi connectivity index (χ3n) is 2.38. The van der Waals surface area contributed by atoms with E-state index < -0.39 is 4.92 Å². The fraction of sp³-hybridized carbons (Fsp3) is 0.0833. The minimum Gasteiger partial charge on any atom is -0.393 e. The summed E-state index contributed by atoms with van der Waals surface area (Å²) in [6, 6.07) is 10.5. The molecular weight excluding hydrogens is 250 g/mol. The van der Waals surface area contributed by atoms with Crippen molar-refractivity contribution < 1.29 is 4.92 Å². The third-order valence-corrected chi connectivity index (χ3v) is 3.38. The molecule has 1 aromatic carbocycles. The van der Waals surface area contributed by atoms with Gasteiger partial charge in [0.1, 0.15) is 5.69 Å². The van der Waals surface area contributed by atoms with E-state index in [1.165, 1.54) is 17.8 Å². The second-order valence-electron chi connectivity index (χ2n) is 3.56. The lowest BCUT2D eigenvalue weighted by Gasteiger charge is -2.05. The molecule has 2 N–H and O–H groups in total. The minimum absolute atomic E-state index is 0.0471. The van der Waals surface area contributed by atoms with E-state index in [0.29, 0.717) is 5.75 Å². The maximum atomic E-state index is 10.8. The monoisotopic (exact) mass is 261 g/mol. The molecule has 0 aliphatic rings.